The molecule has 0 saturated heterocycles. The van der Waals surface area contributed by atoms with Crippen molar-refractivity contribution in [2.24, 2.45) is 5.10 Å². The molecule has 6 nitrogen and oxygen atoms in total. The van der Waals surface area contributed by atoms with Crippen LogP contribution in [0.2, 0.25) is 0 Å². The predicted octanol–water partition coefficient (Wildman–Crippen LogP) is 5.15. The molecule has 0 fully saturated rings. The van der Waals surface area contributed by atoms with Crippen molar-refractivity contribution in [3.63, 3.8) is 0 Å². The second kappa shape index (κ2) is 8.69. The summed E-state index contributed by atoms with van der Waals surface area (Å²) in [4.78, 5) is 12.5. The van der Waals surface area contributed by atoms with E-state index in [1.54, 1.807) is 12.3 Å². The number of fused-ring (bicyclic) bond motifs is 3. The lowest BCUT2D eigenvalue weighted by Gasteiger charge is -2.11. The van der Waals surface area contributed by atoms with Gasteiger partial charge in [-0.05, 0) is 60.5 Å². The highest BCUT2D eigenvalue weighted by Crippen LogP contribution is 2.29. The van der Waals surface area contributed by atoms with Crippen molar-refractivity contribution in [2.75, 3.05) is 13.2 Å². The second-order valence-corrected chi connectivity index (χ2v) is 6.58. The standard InChI is InChI=1S/C24H22N2O4/c1-3-28-21-11-9-16(13-22(21)29-4-2)15-25-26-24(27)23-14-19-18-8-6-5-7-17(18)10-12-20(19)30-23/h5-15H,3-4H2,1-2H3,(H,26,27)/b25-15+. The molecule has 4 aromatic rings. The maximum absolute atomic E-state index is 12.5. The van der Waals surface area contributed by atoms with Gasteiger partial charge < -0.3 is 13.9 Å². The van der Waals surface area contributed by atoms with Crippen LogP contribution in [0.15, 0.2) is 70.2 Å². The first kappa shape index (κ1) is 19.5. The summed E-state index contributed by atoms with van der Waals surface area (Å²) in [6.45, 7) is 4.91. The van der Waals surface area contributed by atoms with Gasteiger partial charge in [-0.3, -0.25) is 4.79 Å². The van der Waals surface area contributed by atoms with E-state index in [4.69, 9.17) is 13.9 Å². The molecule has 0 bridgehead atoms. The Balaban J connectivity index is 1.51. The molecule has 0 aliphatic carbocycles. The third kappa shape index (κ3) is 3.98. The minimum atomic E-state index is -0.414. The fourth-order valence-corrected chi connectivity index (χ4v) is 3.27. The molecule has 1 heterocycles. The van der Waals surface area contributed by atoms with Gasteiger partial charge in [-0.2, -0.15) is 5.10 Å². The van der Waals surface area contributed by atoms with E-state index < -0.39 is 5.91 Å². The van der Waals surface area contributed by atoms with E-state index in [1.165, 1.54) is 0 Å². The van der Waals surface area contributed by atoms with E-state index in [9.17, 15) is 4.79 Å². The number of rotatable bonds is 7. The number of hydrogen-bond donors (Lipinski definition) is 1. The predicted molar refractivity (Wildman–Crippen MR) is 118 cm³/mol. The number of nitrogens with one attached hydrogen (secondary N) is 1. The molecule has 1 amide bonds. The maximum Gasteiger partial charge on any atom is 0.307 e. The van der Waals surface area contributed by atoms with E-state index in [0.29, 0.717) is 30.3 Å². The molecule has 0 saturated carbocycles. The molecule has 0 unspecified atom stereocenters. The molecule has 1 N–H and O–H groups in total. The first-order valence-electron chi connectivity index (χ1n) is 9.84. The zero-order valence-corrected chi connectivity index (χ0v) is 16.8. The van der Waals surface area contributed by atoms with Gasteiger partial charge in [-0.25, -0.2) is 5.43 Å². The van der Waals surface area contributed by atoms with Crippen LogP contribution < -0.4 is 14.9 Å². The summed E-state index contributed by atoms with van der Waals surface area (Å²) in [5.41, 5.74) is 3.95. The van der Waals surface area contributed by atoms with Gasteiger partial charge in [0.2, 0.25) is 0 Å². The number of nitrogens with zero attached hydrogens (tertiary/aromatic N) is 1. The van der Waals surface area contributed by atoms with Gasteiger partial charge in [0, 0.05) is 5.39 Å². The Morgan fingerprint density at radius 2 is 1.77 bits per heavy atom. The summed E-state index contributed by atoms with van der Waals surface area (Å²) in [7, 11) is 0. The normalized spacial score (nSPS) is 11.3. The molecule has 0 atom stereocenters. The number of benzene rings is 3. The van der Waals surface area contributed by atoms with Crippen molar-refractivity contribution in [3.8, 4) is 11.5 Å². The third-order valence-corrected chi connectivity index (χ3v) is 4.60. The molecule has 0 radical (unpaired) electrons. The van der Waals surface area contributed by atoms with Crippen LogP contribution in [0.3, 0.4) is 0 Å². The van der Waals surface area contributed by atoms with Crippen molar-refractivity contribution >= 4 is 33.9 Å². The highest BCUT2D eigenvalue weighted by molar-refractivity contribution is 6.08. The van der Waals surface area contributed by atoms with Gasteiger partial charge in [0.15, 0.2) is 17.3 Å². The van der Waals surface area contributed by atoms with Crippen molar-refractivity contribution in [3.05, 3.63) is 72.0 Å². The smallest absolute Gasteiger partial charge is 0.307 e. The topological polar surface area (TPSA) is 73.1 Å². The van der Waals surface area contributed by atoms with Crippen LogP contribution in [0.4, 0.5) is 0 Å². The Hall–Kier alpha value is -3.80. The zero-order valence-electron chi connectivity index (χ0n) is 16.8. The minimum Gasteiger partial charge on any atom is -0.490 e. The van der Waals surface area contributed by atoms with Crippen LogP contribution in [-0.4, -0.2) is 25.3 Å². The van der Waals surface area contributed by atoms with Crippen molar-refractivity contribution < 1.29 is 18.7 Å². The number of carbonyl (C=O) groups is 1. The van der Waals surface area contributed by atoms with Gasteiger partial charge in [-0.1, -0.05) is 30.3 Å². The Labute approximate surface area is 174 Å². The van der Waals surface area contributed by atoms with Crippen LogP contribution >= 0.6 is 0 Å². The molecular formula is C24H22N2O4. The highest BCUT2D eigenvalue weighted by Gasteiger charge is 2.13. The third-order valence-electron chi connectivity index (χ3n) is 4.60. The highest BCUT2D eigenvalue weighted by atomic mass is 16.5. The quantitative estimate of drug-likeness (QED) is 0.343. The number of hydrazone groups is 1. The van der Waals surface area contributed by atoms with E-state index in [-0.39, 0.29) is 5.76 Å². The number of ether oxygens (including phenoxy) is 2. The van der Waals surface area contributed by atoms with E-state index in [2.05, 4.69) is 10.5 Å². The monoisotopic (exact) mass is 402 g/mol. The molecule has 152 valence electrons. The van der Waals surface area contributed by atoms with Crippen LogP contribution in [0.25, 0.3) is 21.7 Å². The average molecular weight is 402 g/mol. The molecular weight excluding hydrogens is 380 g/mol. The molecule has 3 aromatic carbocycles. The lowest BCUT2D eigenvalue weighted by Crippen LogP contribution is -2.16. The molecule has 1 aromatic heterocycles. The first-order chi connectivity index (χ1) is 14.7. The molecule has 6 heteroatoms. The lowest BCUT2D eigenvalue weighted by molar-refractivity contribution is 0.0929. The van der Waals surface area contributed by atoms with Gasteiger partial charge in [-0.15, -0.1) is 0 Å². The number of hydrogen-bond acceptors (Lipinski definition) is 5. The first-order valence-corrected chi connectivity index (χ1v) is 9.84. The van der Waals surface area contributed by atoms with Gasteiger partial charge in [0.25, 0.3) is 0 Å². The maximum atomic E-state index is 12.5. The fraction of sp³-hybridized carbons (Fsp3) is 0.167. The molecule has 0 aliphatic heterocycles. The average Bonchev–Trinajstić information content (AvgIpc) is 3.21. The summed E-state index contributed by atoms with van der Waals surface area (Å²) in [5.74, 6) is 1.11. The van der Waals surface area contributed by atoms with Crippen LogP contribution in [0.5, 0.6) is 11.5 Å². The fourth-order valence-electron chi connectivity index (χ4n) is 3.27. The number of amides is 1. The summed E-state index contributed by atoms with van der Waals surface area (Å²) in [5, 5.41) is 7.08. The lowest BCUT2D eigenvalue weighted by atomic mass is 10.1. The van der Waals surface area contributed by atoms with Crippen molar-refractivity contribution in [2.45, 2.75) is 13.8 Å². The molecule has 0 aliphatic rings. The molecule has 4 rings (SSSR count). The molecule has 0 spiro atoms. The summed E-state index contributed by atoms with van der Waals surface area (Å²) in [6, 6.07) is 19.0. The Morgan fingerprint density at radius 3 is 2.60 bits per heavy atom. The van der Waals surface area contributed by atoms with Crippen LogP contribution in [0, 0.1) is 0 Å². The van der Waals surface area contributed by atoms with Gasteiger partial charge >= 0.3 is 5.91 Å². The van der Waals surface area contributed by atoms with E-state index >= 15 is 0 Å². The second-order valence-electron chi connectivity index (χ2n) is 6.58. The SMILES string of the molecule is CCOc1ccc(/C=N/NC(=O)c2cc3c(ccc4ccccc43)o2)cc1OCC. The van der Waals surface area contributed by atoms with Gasteiger partial charge in [0.1, 0.15) is 5.58 Å². The summed E-state index contributed by atoms with van der Waals surface area (Å²) < 4.78 is 16.9. The summed E-state index contributed by atoms with van der Waals surface area (Å²) in [6.07, 6.45) is 1.55. The van der Waals surface area contributed by atoms with Crippen molar-refractivity contribution in [1.82, 2.24) is 5.43 Å². The number of carbonyl (C=O) groups excluding carboxylic acids is 1. The number of furan rings is 1. The molecule has 30 heavy (non-hydrogen) atoms. The van der Waals surface area contributed by atoms with E-state index in [1.807, 2.05) is 68.4 Å². The van der Waals surface area contributed by atoms with Crippen LogP contribution in [0.1, 0.15) is 30.0 Å². The Morgan fingerprint density at radius 1 is 0.967 bits per heavy atom. The van der Waals surface area contributed by atoms with Gasteiger partial charge in [0.05, 0.1) is 19.4 Å². The van der Waals surface area contributed by atoms with Crippen LogP contribution in [-0.2, 0) is 0 Å². The van der Waals surface area contributed by atoms with E-state index in [0.717, 1.165) is 21.7 Å². The Kier molecular flexibility index (Phi) is 5.66. The zero-order chi connectivity index (χ0) is 20.9. The van der Waals surface area contributed by atoms with Crippen molar-refractivity contribution in [1.29, 1.82) is 0 Å². The minimum absolute atomic E-state index is 0.209. The largest absolute Gasteiger partial charge is 0.490 e. The Bertz CT molecular complexity index is 1230. The summed E-state index contributed by atoms with van der Waals surface area (Å²) >= 11 is 0.